The Morgan fingerprint density at radius 1 is 1.19 bits per heavy atom. The molecule has 1 aromatic heterocycles. The summed E-state index contributed by atoms with van der Waals surface area (Å²) in [4.78, 5) is 25.7. The van der Waals surface area contributed by atoms with Crippen molar-refractivity contribution in [1.82, 2.24) is 19.9 Å². The molecule has 176 valence electrons. The molecule has 0 aromatic carbocycles. The van der Waals surface area contributed by atoms with Gasteiger partial charge in [-0.3, -0.25) is 9.59 Å². The van der Waals surface area contributed by atoms with Crippen LogP contribution in [0.15, 0.2) is 0 Å². The molecule has 9 nitrogen and oxygen atoms in total. The molecule has 0 fully saturated rings. The van der Waals surface area contributed by atoms with Gasteiger partial charge in [0.2, 0.25) is 5.91 Å². The minimum atomic E-state index is -3.46. The van der Waals surface area contributed by atoms with E-state index in [0.29, 0.717) is 0 Å². The van der Waals surface area contributed by atoms with Crippen molar-refractivity contribution in [2.24, 2.45) is 0 Å². The van der Waals surface area contributed by atoms with Crippen molar-refractivity contribution in [3.05, 3.63) is 11.4 Å². The number of methoxy groups -OCH3 is 2. The number of amides is 1. The van der Waals surface area contributed by atoms with Crippen LogP contribution in [0.1, 0.15) is 71.0 Å². The highest BCUT2D eigenvalue weighted by atomic mass is 19.3. The van der Waals surface area contributed by atoms with Gasteiger partial charge in [0.15, 0.2) is 5.69 Å². The Hall–Kier alpha value is -2.14. The summed E-state index contributed by atoms with van der Waals surface area (Å²) >= 11 is 0. The van der Waals surface area contributed by atoms with Crippen molar-refractivity contribution in [3.63, 3.8) is 0 Å². The third-order valence-electron chi connectivity index (χ3n) is 4.84. The van der Waals surface area contributed by atoms with Crippen LogP contribution in [-0.2, 0) is 29.7 Å². The number of carbonyl (C=O) groups is 2. The molecule has 2 heterocycles. The summed E-state index contributed by atoms with van der Waals surface area (Å²) in [5, 5.41) is 7.62. The second kappa shape index (κ2) is 9.56. The summed E-state index contributed by atoms with van der Waals surface area (Å²) in [6.45, 7) is 7.69. The minimum Gasteiger partial charge on any atom is -0.460 e. The minimum absolute atomic E-state index is 0.134. The van der Waals surface area contributed by atoms with E-state index in [-0.39, 0.29) is 31.1 Å². The fourth-order valence-corrected chi connectivity index (χ4v) is 3.49. The maximum Gasteiger partial charge on any atom is 0.310 e. The van der Waals surface area contributed by atoms with Gasteiger partial charge in [0.1, 0.15) is 23.5 Å². The zero-order valence-electron chi connectivity index (χ0n) is 19.1. The average molecular weight is 446 g/mol. The zero-order chi connectivity index (χ0) is 23.6. The molecular formula is C20H32F2N4O5. The number of halogens is 2. The Labute approximate surface area is 181 Å². The summed E-state index contributed by atoms with van der Waals surface area (Å²) in [5.74, 6) is -4.64. The molecule has 0 aliphatic carbocycles. The Balaban J connectivity index is 2.31. The largest absolute Gasteiger partial charge is 0.460 e. The smallest absolute Gasteiger partial charge is 0.310 e. The van der Waals surface area contributed by atoms with Crippen molar-refractivity contribution < 1.29 is 32.6 Å². The first-order valence-corrected chi connectivity index (χ1v) is 10.2. The highest BCUT2D eigenvalue weighted by Gasteiger charge is 2.48. The molecule has 0 radical (unpaired) electrons. The first-order chi connectivity index (χ1) is 14.3. The number of hydrogen-bond acceptors (Lipinski definition) is 7. The maximum absolute atomic E-state index is 15.2. The number of esters is 1. The van der Waals surface area contributed by atoms with E-state index in [1.165, 1.54) is 18.9 Å². The summed E-state index contributed by atoms with van der Waals surface area (Å²) in [6.07, 6.45) is -2.12. The highest BCUT2D eigenvalue weighted by Crippen LogP contribution is 2.39. The average Bonchev–Trinajstić information content (AvgIpc) is 3.08. The normalized spacial score (nSPS) is 21.4. The molecule has 0 unspecified atom stereocenters. The predicted octanol–water partition coefficient (Wildman–Crippen LogP) is 2.62. The lowest BCUT2D eigenvalue weighted by molar-refractivity contribution is -0.157. The molecule has 11 heteroatoms. The molecule has 2 atom stereocenters. The molecule has 0 bridgehead atoms. The second-order valence-electron chi connectivity index (χ2n) is 8.86. The van der Waals surface area contributed by atoms with Crippen molar-refractivity contribution in [2.75, 3.05) is 27.3 Å². The van der Waals surface area contributed by atoms with Crippen LogP contribution in [0.2, 0.25) is 0 Å². The van der Waals surface area contributed by atoms with Gasteiger partial charge in [-0.2, -0.15) is 8.78 Å². The standard InChI is InChI=1S/C20H32F2N4O5/c1-12(2)26-16-17(30-7)13(29-6)10-25(11-20(21,22)18(16)23-24-26)14(27)8-9-15(28)31-19(3,4)5/h12-13,17H,8-11H2,1-7H3/t13-,17+/m0/s1. The van der Waals surface area contributed by atoms with Gasteiger partial charge >= 0.3 is 11.9 Å². The van der Waals surface area contributed by atoms with Crippen LogP contribution in [-0.4, -0.2) is 70.8 Å². The molecule has 0 saturated carbocycles. The fraction of sp³-hybridized carbons (Fsp3) is 0.800. The van der Waals surface area contributed by atoms with Crippen molar-refractivity contribution in [1.29, 1.82) is 0 Å². The third-order valence-corrected chi connectivity index (χ3v) is 4.84. The summed E-state index contributed by atoms with van der Waals surface area (Å²) < 4.78 is 48.0. The highest BCUT2D eigenvalue weighted by molar-refractivity contribution is 5.81. The molecule has 1 aliphatic heterocycles. The monoisotopic (exact) mass is 446 g/mol. The van der Waals surface area contributed by atoms with E-state index in [4.69, 9.17) is 14.2 Å². The van der Waals surface area contributed by atoms with Gasteiger partial charge in [-0.25, -0.2) is 4.68 Å². The molecule has 0 spiro atoms. The van der Waals surface area contributed by atoms with E-state index >= 15 is 8.78 Å². The topological polar surface area (TPSA) is 95.8 Å². The first kappa shape index (κ1) is 25.1. The van der Waals surface area contributed by atoms with E-state index in [1.807, 2.05) is 0 Å². The van der Waals surface area contributed by atoms with Gasteiger partial charge in [0, 0.05) is 26.7 Å². The number of ether oxygens (including phenoxy) is 3. The Kier molecular flexibility index (Phi) is 7.75. The number of carbonyl (C=O) groups excluding carboxylic acids is 2. The van der Waals surface area contributed by atoms with Gasteiger partial charge < -0.3 is 19.1 Å². The van der Waals surface area contributed by atoms with Crippen molar-refractivity contribution in [2.45, 2.75) is 77.2 Å². The predicted molar refractivity (Wildman–Crippen MR) is 107 cm³/mol. The van der Waals surface area contributed by atoms with E-state index < -0.39 is 47.8 Å². The second-order valence-corrected chi connectivity index (χ2v) is 8.86. The quantitative estimate of drug-likeness (QED) is 0.620. The van der Waals surface area contributed by atoms with Crippen LogP contribution in [0.25, 0.3) is 0 Å². The maximum atomic E-state index is 15.2. The SMILES string of the molecule is CO[C@H]1CN(C(=O)CCC(=O)OC(C)(C)C)CC(F)(F)c2nnn(C(C)C)c2[C@@H]1OC. The van der Waals surface area contributed by atoms with Crippen LogP contribution < -0.4 is 0 Å². The Morgan fingerprint density at radius 3 is 2.35 bits per heavy atom. The molecule has 1 aromatic rings. The number of hydrogen-bond donors (Lipinski definition) is 0. The molecule has 0 N–H and O–H groups in total. The summed E-state index contributed by atoms with van der Waals surface area (Å²) in [6, 6.07) is -0.229. The van der Waals surface area contributed by atoms with Gasteiger partial charge in [-0.1, -0.05) is 5.21 Å². The van der Waals surface area contributed by atoms with E-state index in [2.05, 4.69) is 10.3 Å². The van der Waals surface area contributed by atoms with Gasteiger partial charge in [-0.05, 0) is 34.6 Å². The van der Waals surface area contributed by atoms with Gasteiger partial charge in [0.05, 0.1) is 19.5 Å². The molecule has 1 aliphatic rings. The Morgan fingerprint density at radius 2 is 1.84 bits per heavy atom. The lowest BCUT2D eigenvalue weighted by Crippen LogP contribution is -2.48. The number of aromatic nitrogens is 3. The third kappa shape index (κ3) is 5.97. The number of fused-ring (bicyclic) bond motifs is 1. The fourth-order valence-electron chi connectivity index (χ4n) is 3.49. The van der Waals surface area contributed by atoms with E-state index in [0.717, 1.165) is 4.90 Å². The zero-order valence-corrected chi connectivity index (χ0v) is 19.1. The first-order valence-electron chi connectivity index (χ1n) is 10.2. The van der Waals surface area contributed by atoms with E-state index in [1.54, 1.807) is 34.6 Å². The number of nitrogens with zero attached hydrogens (tertiary/aromatic N) is 4. The molecule has 31 heavy (non-hydrogen) atoms. The lowest BCUT2D eigenvalue weighted by atomic mass is 10.00. The van der Waals surface area contributed by atoms with Crippen molar-refractivity contribution >= 4 is 11.9 Å². The van der Waals surface area contributed by atoms with Gasteiger partial charge in [0.25, 0.3) is 0 Å². The Bertz CT molecular complexity index is 791. The van der Waals surface area contributed by atoms with Gasteiger partial charge in [-0.15, -0.1) is 5.10 Å². The van der Waals surface area contributed by atoms with Crippen LogP contribution in [0.5, 0.6) is 0 Å². The summed E-state index contributed by atoms with van der Waals surface area (Å²) in [7, 11) is 2.80. The number of rotatable bonds is 6. The van der Waals surface area contributed by atoms with E-state index in [9.17, 15) is 9.59 Å². The van der Waals surface area contributed by atoms with Crippen molar-refractivity contribution in [3.8, 4) is 0 Å². The molecule has 1 amide bonds. The summed E-state index contributed by atoms with van der Waals surface area (Å²) in [5.41, 5.74) is -1.10. The lowest BCUT2D eigenvalue weighted by Gasteiger charge is -2.36. The number of alkyl halides is 2. The van der Waals surface area contributed by atoms with Crippen LogP contribution in [0, 0.1) is 0 Å². The molecule has 2 rings (SSSR count). The van der Waals surface area contributed by atoms with Crippen LogP contribution in [0.3, 0.4) is 0 Å². The molecule has 0 saturated heterocycles. The molecular weight excluding hydrogens is 414 g/mol. The van der Waals surface area contributed by atoms with Crippen LogP contribution >= 0.6 is 0 Å². The van der Waals surface area contributed by atoms with Crippen LogP contribution in [0.4, 0.5) is 8.78 Å².